The Morgan fingerprint density at radius 1 is 1.16 bits per heavy atom. The van der Waals surface area contributed by atoms with Crippen LogP contribution in [0.2, 0.25) is 0 Å². The molecule has 1 amide bonds. The normalized spacial score (nSPS) is 10.4. The molecule has 0 radical (unpaired) electrons. The predicted octanol–water partition coefficient (Wildman–Crippen LogP) is 3.99. The molecule has 0 bridgehead atoms. The number of hydrogen-bond donors (Lipinski definition) is 1. The summed E-state index contributed by atoms with van der Waals surface area (Å²) in [5.74, 6) is 0.641. The summed E-state index contributed by atoms with van der Waals surface area (Å²) in [6, 6.07) is 15.5. The van der Waals surface area contributed by atoms with Gasteiger partial charge in [0.1, 0.15) is 11.6 Å². The lowest BCUT2D eigenvalue weighted by atomic mass is 10.2. The lowest BCUT2D eigenvalue weighted by molar-refractivity contribution is -0.118. The fourth-order valence-electron chi connectivity index (χ4n) is 1.91. The number of aromatic nitrogens is 2. The minimum atomic E-state index is -0.304. The number of rotatable bonds is 7. The van der Waals surface area contributed by atoms with Gasteiger partial charge in [-0.15, -0.1) is 10.2 Å². The van der Waals surface area contributed by atoms with Gasteiger partial charge in [-0.25, -0.2) is 4.39 Å². The highest BCUT2D eigenvalue weighted by Crippen LogP contribution is 2.28. The van der Waals surface area contributed by atoms with Gasteiger partial charge in [-0.2, -0.15) is 0 Å². The Bertz CT molecular complexity index is 843. The number of ether oxygens (including phenoxy) is 1. The Balaban J connectivity index is 1.47. The summed E-state index contributed by atoms with van der Waals surface area (Å²) < 4.78 is 19.2. The first kappa shape index (κ1) is 17.4. The van der Waals surface area contributed by atoms with Crippen LogP contribution in [0.1, 0.15) is 5.56 Å². The second kappa shape index (κ2) is 8.59. The summed E-state index contributed by atoms with van der Waals surface area (Å²) in [6.45, 7) is -0.102. The molecule has 0 aliphatic rings. The molecular weight excluding hydrogens is 361 g/mol. The first-order chi connectivity index (χ1) is 12.2. The number of amides is 1. The van der Waals surface area contributed by atoms with E-state index in [2.05, 4.69) is 15.5 Å². The highest BCUT2D eigenvalue weighted by Gasteiger charge is 2.09. The topological polar surface area (TPSA) is 64.1 Å². The molecule has 0 aliphatic carbocycles. The van der Waals surface area contributed by atoms with E-state index in [-0.39, 0.29) is 18.3 Å². The predicted molar refractivity (Wildman–Crippen MR) is 96.4 cm³/mol. The van der Waals surface area contributed by atoms with Crippen LogP contribution < -0.4 is 10.1 Å². The summed E-state index contributed by atoms with van der Waals surface area (Å²) in [7, 11) is 0. The number of anilines is 1. The first-order valence-corrected chi connectivity index (χ1v) is 9.18. The number of hydrogen-bond acceptors (Lipinski definition) is 6. The minimum Gasteiger partial charge on any atom is -0.484 e. The fraction of sp³-hybridized carbons (Fsp3) is 0.118. The highest BCUT2D eigenvalue weighted by atomic mass is 32.2. The summed E-state index contributed by atoms with van der Waals surface area (Å²) in [4.78, 5) is 11.9. The van der Waals surface area contributed by atoms with Crippen molar-refractivity contribution in [2.75, 3.05) is 11.9 Å². The zero-order valence-electron chi connectivity index (χ0n) is 13.0. The van der Waals surface area contributed by atoms with Crippen molar-refractivity contribution >= 4 is 34.1 Å². The quantitative estimate of drug-likeness (QED) is 0.500. The number of thioether (sulfide) groups is 1. The van der Waals surface area contributed by atoms with Crippen LogP contribution >= 0.6 is 23.1 Å². The lowest BCUT2D eigenvalue weighted by Crippen LogP contribution is -2.20. The molecule has 128 valence electrons. The minimum absolute atomic E-state index is 0.102. The van der Waals surface area contributed by atoms with E-state index in [0.29, 0.717) is 21.0 Å². The van der Waals surface area contributed by atoms with Gasteiger partial charge < -0.3 is 4.74 Å². The van der Waals surface area contributed by atoms with Gasteiger partial charge in [-0.1, -0.05) is 53.4 Å². The zero-order valence-corrected chi connectivity index (χ0v) is 14.6. The molecule has 0 saturated heterocycles. The number of benzene rings is 2. The Labute approximate surface area is 152 Å². The number of para-hydroxylation sites is 1. The SMILES string of the molecule is O=C(COc1ccccc1)Nc1nnc(SCc2cccc(F)c2)s1. The van der Waals surface area contributed by atoms with Gasteiger partial charge in [0, 0.05) is 5.75 Å². The molecule has 8 heteroatoms. The average molecular weight is 375 g/mol. The Kier molecular flexibility index (Phi) is 5.97. The molecule has 3 rings (SSSR count). The van der Waals surface area contributed by atoms with E-state index < -0.39 is 0 Å². The Hall–Kier alpha value is -2.45. The number of nitrogens with one attached hydrogen (secondary N) is 1. The molecule has 0 saturated carbocycles. The second-order valence-corrected chi connectivity index (χ2v) is 7.14. The first-order valence-electron chi connectivity index (χ1n) is 7.37. The zero-order chi connectivity index (χ0) is 17.5. The van der Waals surface area contributed by atoms with Crippen molar-refractivity contribution in [1.29, 1.82) is 0 Å². The van der Waals surface area contributed by atoms with Gasteiger partial charge in [-0.05, 0) is 29.8 Å². The molecule has 1 aromatic heterocycles. The van der Waals surface area contributed by atoms with Gasteiger partial charge in [0.25, 0.3) is 5.91 Å². The van der Waals surface area contributed by atoms with E-state index >= 15 is 0 Å². The molecule has 0 spiro atoms. The standard InChI is InChI=1S/C17H14FN3O2S2/c18-13-6-4-5-12(9-13)11-24-17-21-20-16(25-17)19-15(22)10-23-14-7-2-1-3-8-14/h1-9H,10-11H2,(H,19,20,22). The van der Waals surface area contributed by atoms with Crippen molar-refractivity contribution in [3.63, 3.8) is 0 Å². The van der Waals surface area contributed by atoms with Crippen LogP contribution in [0.25, 0.3) is 0 Å². The maximum Gasteiger partial charge on any atom is 0.264 e. The Morgan fingerprint density at radius 3 is 2.80 bits per heavy atom. The van der Waals surface area contributed by atoms with Crippen molar-refractivity contribution in [1.82, 2.24) is 10.2 Å². The van der Waals surface area contributed by atoms with Crippen molar-refractivity contribution in [2.24, 2.45) is 0 Å². The average Bonchev–Trinajstić information content (AvgIpc) is 3.06. The van der Waals surface area contributed by atoms with E-state index in [1.54, 1.807) is 18.2 Å². The molecule has 2 aromatic carbocycles. The summed E-state index contributed by atoms with van der Waals surface area (Å²) >= 11 is 2.70. The second-order valence-electron chi connectivity index (χ2n) is 4.94. The summed E-state index contributed by atoms with van der Waals surface area (Å²) in [6.07, 6.45) is 0. The molecular formula is C17H14FN3O2S2. The van der Waals surface area contributed by atoms with E-state index in [1.807, 2.05) is 24.3 Å². The third-order valence-electron chi connectivity index (χ3n) is 3.02. The molecule has 25 heavy (non-hydrogen) atoms. The van der Waals surface area contributed by atoms with E-state index in [9.17, 15) is 9.18 Å². The van der Waals surface area contributed by atoms with Crippen molar-refractivity contribution in [3.05, 3.63) is 66.0 Å². The summed E-state index contributed by atoms with van der Waals surface area (Å²) in [5.41, 5.74) is 0.863. The molecule has 0 aliphatic heterocycles. The van der Waals surface area contributed by atoms with Crippen LogP contribution in [0.3, 0.4) is 0 Å². The number of halogens is 1. The fourth-order valence-corrected chi connectivity index (χ4v) is 3.62. The Morgan fingerprint density at radius 2 is 2.00 bits per heavy atom. The van der Waals surface area contributed by atoms with Gasteiger partial charge in [0.2, 0.25) is 5.13 Å². The number of nitrogens with zero attached hydrogens (tertiary/aromatic N) is 2. The van der Waals surface area contributed by atoms with E-state index in [4.69, 9.17) is 4.74 Å². The van der Waals surface area contributed by atoms with Crippen LogP contribution in [0.15, 0.2) is 58.9 Å². The molecule has 0 unspecified atom stereocenters. The molecule has 0 fully saturated rings. The molecule has 0 atom stereocenters. The third-order valence-corrected chi connectivity index (χ3v) is 5.06. The van der Waals surface area contributed by atoms with Gasteiger partial charge >= 0.3 is 0 Å². The molecule has 1 N–H and O–H groups in total. The maximum atomic E-state index is 13.1. The van der Waals surface area contributed by atoms with Crippen LogP contribution in [0, 0.1) is 5.82 Å². The number of carbonyl (C=O) groups is 1. The molecule has 3 aromatic rings. The lowest BCUT2D eigenvalue weighted by Gasteiger charge is -2.04. The van der Waals surface area contributed by atoms with E-state index in [1.165, 1.54) is 35.2 Å². The molecule has 5 nitrogen and oxygen atoms in total. The van der Waals surface area contributed by atoms with E-state index in [0.717, 1.165) is 5.56 Å². The largest absolute Gasteiger partial charge is 0.484 e. The third kappa shape index (κ3) is 5.54. The van der Waals surface area contributed by atoms with Crippen LogP contribution in [0.4, 0.5) is 9.52 Å². The monoisotopic (exact) mass is 375 g/mol. The van der Waals surface area contributed by atoms with Crippen molar-refractivity contribution < 1.29 is 13.9 Å². The summed E-state index contributed by atoms with van der Waals surface area (Å²) in [5, 5.41) is 11.0. The van der Waals surface area contributed by atoms with Crippen molar-refractivity contribution in [3.8, 4) is 5.75 Å². The van der Waals surface area contributed by atoms with Crippen molar-refractivity contribution in [2.45, 2.75) is 10.1 Å². The smallest absolute Gasteiger partial charge is 0.264 e. The van der Waals surface area contributed by atoms with Crippen LogP contribution in [-0.4, -0.2) is 22.7 Å². The van der Waals surface area contributed by atoms with Gasteiger partial charge in [-0.3, -0.25) is 10.1 Å². The van der Waals surface area contributed by atoms with Crippen LogP contribution in [0.5, 0.6) is 5.75 Å². The van der Waals surface area contributed by atoms with Gasteiger partial charge in [0.05, 0.1) is 0 Å². The van der Waals surface area contributed by atoms with Crippen LogP contribution in [-0.2, 0) is 10.5 Å². The maximum absolute atomic E-state index is 13.1. The van der Waals surface area contributed by atoms with Gasteiger partial charge in [0.15, 0.2) is 10.9 Å². The number of carbonyl (C=O) groups excluding carboxylic acids is 1. The molecule has 1 heterocycles. The highest BCUT2D eigenvalue weighted by molar-refractivity contribution is 8.00.